The summed E-state index contributed by atoms with van der Waals surface area (Å²) in [5.41, 5.74) is -0.198. The number of hydrogen-bond acceptors (Lipinski definition) is 2. The second kappa shape index (κ2) is 7.17. The topological polar surface area (TPSA) is 29.1 Å². The summed E-state index contributed by atoms with van der Waals surface area (Å²) in [4.78, 5) is 12.1. The Morgan fingerprint density at radius 1 is 1.05 bits per heavy atom. The van der Waals surface area contributed by atoms with E-state index < -0.39 is 17.5 Å². The number of rotatable bonds is 5. The van der Waals surface area contributed by atoms with Gasteiger partial charge in [0.1, 0.15) is 17.5 Å². The number of anilines is 1. The van der Waals surface area contributed by atoms with Gasteiger partial charge in [0, 0.05) is 23.1 Å². The Kier molecular flexibility index (Phi) is 5.27. The number of carbonyl (C=O) groups is 1. The lowest BCUT2D eigenvalue weighted by Crippen LogP contribution is -2.13. The van der Waals surface area contributed by atoms with Gasteiger partial charge in [0.2, 0.25) is 5.91 Å². The van der Waals surface area contributed by atoms with Gasteiger partial charge >= 0.3 is 0 Å². The fourth-order valence-electron chi connectivity index (χ4n) is 1.62. The van der Waals surface area contributed by atoms with Gasteiger partial charge in [-0.1, -0.05) is 12.1 Å². The van der Waals surface area contributed by atoms with Gasteiger partial charge in [0.25, 0.3) is 0 Å². The molecule has 0 atom stereocenters. The van der Waals surface area contributed by atoms with E-state index in [2.05, 4.69) is 5.32 Å². The molecule has 0 fully saturated rings. The maximum absolute atomic E-state index is 13.3. The molecular weight excluding hydrogens is 299 g/mol. The summed E-state index contributed by atoms with van der Waals surface area (Å²) in [6, 6.07) is 9.07. The standard InChI is InChI=1S/C15H12F3NOS/c16-10-5-6-11(17)13(9-10)19-15(20)7-8-21-14-4-2-1-3-12(14)18/h1-6,9H,7-8H2,(H,19,20). The monoisotopic (exact) mass is 311 g/mol. The maximum atomic E-state index is 13.3. The Morgan fingerprint density at radius 3 is 2.57 bits per heavy atom. The van der Waals surface area contributed by atoms with Crippen LogP contribution >= 0.6 is 11.8 Å². The van der Waals surface area contributed by atoms with Crippen LogP contribution in [0.4, 0.5) is 18.9 Å². The zero-order valence-electron chi connectivity index (χ0n) is 10.9. The van der Waals surface area contributed by atoms with Crippen LogP contribution < -0.4 is 5.32 Å². The predicted molar refractivity (Wildman–Crippen MR) is 76.7 cm³/mol. The van der Waals surface area contributed by atoms with E-state index in [-0.39, 0.29) is 17.9 Å². The molecule has 0 spiro atoms. The van der Waals surface area contributed by atoms with Crippen molar-refractivity contribution >= 4 is 23.4 Å². The van der Waals surface area contributed by atoms with Gasteiger partial charge in [-0.3, -0.25) is 4.79 Å². The molecule has 21 heavy (non-hydrogen) atoms. The molecule has 1 amide bonds. The van der Waals surface area contributed by atoms with E-state index in [1.807, 2.05) is 0 Å². The smallest absolute Gasteiger partial charge is 0.225 e. The van der Waals surface area contributed by atoms with Crippen LogP contribution in [-0.2, 0) is 4.79 Å². The lowest BCUT2D eigenvalue weighted by Gasteiger charge is -2.07. The first-order chi connectivity index (χ1) is 10.1. The highest BCUT2D eigenvalue weighted by Gasteiger charge is 2.09. The summed E-state index contributed by atoms with van der Waals surface area (Å²) >= 11 is 1.19. The Morgan fingerprint density at radius 2 is 1.81 bits per heavy atom. The number of halogens is 3. The van der Waals surface area contributed by atoms with E-state index in [1.54, 1.807) is 18.2 Å². The summed E-state index contributed by atoms with van der Waals surface area (Å²) in [6.07, 6.45) is 0.0644. The third-order valence-electron chi connectivity index (χ3n) is 2.63. The van der Waals surface area contributed by atoms with Gasteiger partial charge in [-0.25, -0.2) is 13.2 Å². The van der Waals surface area contributed by atoms with Crippen LogP contribution in [0.5, 0.6) is 0 Å². The quantitative estimate of drug-likeness (QED) is 0.838. The first kappa shape index (κ1) is 15.4. The number of thioether (sulfide) groups is 1. The number of amides is 1. The Bertz CT molecular complexity index is 649. The molecule has 0 saturated carbocycles. The normalized spacial score (nSPS) is 10.4. The van der Waals surface area contributed by atoms with Crippen LogP contribution in [0.3, 0.4) is 0 Å². The van der Waals surface area contributed by atoms with Crippen LogP contribution in [-0.4, -0.2) is 11.7 Å². The molecule has 0 radical (unpaired) electrons. The van der Waals surface area contributed by atoms with E-state index in [4.69, 9.17) is 0 Å². The first-order valence-electron chi connectivity index (χ1n) is 6.18. The van der Waals surface area contributed by atoms with Gasteiger partial charge in [-0.15, -0.1) is 11.8 Å². The molecule has 0 saturated heterocycles. The van der Waals surface area contributed by atoms with Crippen LogP contribution in [0.15, 0.2) is 47.4 Å². The number of nitrogens with one attached hydrogen (secondary N) is 1. The van der Waals surface area contributed by atoms with E-state index in [9.17, 15) is 18.0 Å². The summed E-state index contributed by atoms with van der Waals surface area (Å²) in [5, 5.41) is 2.29. The fraction of sp³-hybridized carbons (Fsp3) is 0.133. The molecule has 0 aliphatic carbocycles. The van der Waals surface area contributed by atoms with Gasteiger partial charge in [0.15, 0.2) is 0 Å². The molecule has 6 heteroatoms. The SMILES string of the molecule is O=C(CCSc1ccccc1F)Nc1cc(F)ccc1F. The molecule has 2 aromatic rings. The first-order valence-corrected chi connectivity index (χ1v) is 7.17. The average Bonchev–Trinajstić information content (AvgIpc) is 2.45. The van der Waals surface area contributed by atoms with E-state index in [1.165, 1.54) is 17.8 Å². The summed E-state index contributed by atoms with van der Waals surface area (Å²) < 4.78 is 39.6. The minimum atomic E-state index is -0.702. The molecule has 1 N–H and O–H groups in total. The number of carbonyl (C=O) groups excluding carboxylic acids is 1. The largest absolute Gasteiger partial charge is 0.323 e. The second-order valence-corrected chi connectivity index (χ2v) is 5.34. The van der Waals surface area contributed by atoms with Gasteiger partial charge in [-0.05, 0) is 24.3 Å². The summed E-state index contributed by atoms with van der Waals surface area (Å²) in [6.45, 7) is 0. The van der Waals surface area contributed by atoms with Crippen molar-refractivity contribution in [2.45, 2.75) is 11.3 Å². The third kappa shape index (κ3) is 4.53. The highest BCUT2D eigenvalue weighted by Crippen LogP contribution is 2.22. The van der Waals surface area contributed by atoms with Crippen molar-refractivity contribution in [1.82, 2.24) is 0 Å². The van der Waals surface area contributed by atoms with E-state index >= 15 is 0 Å². The Hall–Kier alpha value is -1.95. The molecule has 110 valence electrons. The van der Waals surface area contributed by atoms with Crippen LogP contribution in [0.25, 0.3) is 0 Å². The molecule has 2 nitrogen and oxygen atoms in total. The second-order valence-electron chi connectivity index (χ2n) is 4.20. The molecule has 0 aliphatic rings. The zero-order valence-corrected chi connectivity index (χ0v) is 11.7. The van der Waals surface area contributed by atoms with Gasteiger partial charge in [0.05, 0.1) is 5.69 Å². The van der Waals surface area contributed by atoms with E-state index in [0.717, 1.165) is 18.2 Å². The lowest BCUT2D eigenvalue weighted by atomic mass is 10.3. The Balaban J connectivity index is 1.85. The highest BCUT2D eigenvalue weighted by atomic mass is 32.2. The van der Waals surface area contributed by atoms with E-state index in [0.29, 0.717) is 10.6 Å². The zero-order chi connectivity index (χ0) is 15.2. The fourth-order valence-corrected chi connectivity index (χ4v) is 2.51. The van der Waals surface area contributed by atoms with Gasteiger partial charge < -0.3 is 5.32 Å². The van der Waals surface area contributed by atoms with Crippen molar-refractivity contribution in [3.05, 3.63) is 59.9 Å². The van der Waals surface area contributed by atoms with Crippen LogP contribution in [0.1, 0.15) is 6.42 Å². The summed E-state index contributed by atoms with van der Waals surface area (Å²) in [7, 11) is 0. The van der Waals surface area contributed by atoms with Crippen molar-refractivity contribution in [3.8, 4) is 0 Å². The van der Waals surface area contributed by atoms with Crippen molar-refractivity contribution in [2.24, 2.45) is 0 Å². The third-order valence-corrected chi connectivity index (χ3v) is 3.68. The molecule has 0 aliphatic heterocycles. The molecule has 0 unspecified atom stereocenters. The summed E-state index contributed by atoms with van der Waals surface area (Å²) in [5.74, 6) is -1.80. The highest BCUT2D eigenvalue weighted by molar-refractivity contribution is 7.99. The maximum Gasteiger partial charge on any atom is 0.225 e. The molecule has 2 aromatic carbocycles. The van der Waals surface area contributed by atoms with Gasteiger partial charge in [-0.2, -0.15) is 0 Å². The van der Waals surface area contributed by atoms with Crippen LogP contribution in [0, 0.1) is 17.5 Å². The molecule has 0 aromatic heterocycles. The Labute approximate surface area is 124 Å². The molecule has 0 heterocycles. The van der Waals surface area contributed by atoms with Crippen molar-refractivity contribution in [1.29, 1.82) is 0 Å². The lowest BCUT2D eigenvalue weighted by molar-refractivity contribution is -0.115. The predicted octanol–water partition coefficient (Wildman–Crippen LogP) is 4.22. The molecule has 0 bridgehead atoms. The van der Waals surface area contributed by atoms with Crippen LogP contribution in [0.2, 0.25) is 0 Å². The van der Waals surface area contributed by atoms with Crippen molar-refractivity contribution in [3.63, 3.8) is 0 Å². The minimum Gasteiger partial charge on any atom is -0.323 e. The minimum absolute atomic E-state index is 0.0644. The number of hydrogen-bond donors (Lipinski definition) is 1. The average molecular weight is 311 g/mol. The number of benzene rings is 2. The molecule has 2 rings (SSSR count). The van der Waals surface area contributed by atoms with Crippen molar-refractivity contribution in [2.75, 3.05) is 11.1 Å². The molecular formula is C15H12F3NOS. The van der Waals surface area contributed by atoms with Crippen molar-refractivity contribution < 1.29 is 18.0 Å².